The highest BCUT2D eigenvalue weighted by atomic mass is 16.5. The molecule has 1 aromatic carbocycles. The molecule has 1 aromatic heterocycles. The molecular weight excluding hydrogens is 418 g/mol. The maximum atomic E-state index is 13.4. The first-order valence-corrected chi connectivity index (χ1v) is 11.9. The molecule has 2 bridgehead atoms. The number of carbonyl (C=O) groups is 2. The van der Waals surface area contributed by atoms with Crippen molar-refractivity contribution in [2.45, 2.75) is 44.6 Å². The number of carbonyl (C=O) groups excluding carboxylic acids is 2. The Hall–Kier alpha value is -2.93. The molecule has 2 aliphatic rings. The lowest BCUT2D eigenvalue weighted by Gasteiger charge is -2.37. The normalized spacial score (nSPS) is 20.2. The molecule has 2 aromatic rings. The number of aromatic nitrogens is 1. The third kappa shape index (κ3) is 6.11. The topological polar surface area (TPSA) is 72.0 Å². The summed E-state index contributed by atoms with van der Waals surface area (Å²) in [7, 11) is 1.32. The van der Waals surface area contributed by atoms with E-state index in [9.17, 15) is 9.59 Å². The van der Waals surface area contributed by atoms with Gasteiger partial charge in [-0.1, -0.05) is 18.6 Å². The van der Waals surface area contributed by atoms with Gasteiger partial charge in [0.25, 0.3) is 5.91 Å². The number of ether oxygens (including phenoxy) is 2. The number of hydrogen-bond donors (Lipinski definition) is 0. The molecular formula is C26H33N3O4. The Labute approximate surface area is 195 Å². The fraction of sp³-hybridized carbons (Fsp3) is 0.500. The Morgan fingerprint density at radius 3 is 2.76 bits per heavy atom. The van der Waals surface area contributed by atoms with Gasteiger partial charge in [-0.25, -0.2) is 4.79 Å². The molecule has 0 spiro atoms. The fourth-order valence-corrected chi connectivity index (χ4v) is 4.78. The molecule has 1 fully saturated rings. The largest absolute Gasteiger partial charge is 0.494 e. The standard InChI is InChI=1S/C26H33N3O4/c1-32-26(31)22-17-21(18-27-19-22)25(30)29-12-5-15-33-24-8-4-6-20(16-24)9-10-23-7-2-3-11-28(23)13-14-29/h4,6,8,16-19,23H,2-3,5,7,9-15H2,1H3. The number of rotatable bonds is 2. The summed E-state index contributed by atoms with van der Waals surface area (Å²) in [6, 6.07) is 10.5. The zero-order valence-corrected chi connectivity index (χ0v) is 19.4. The van der Waals surface area contributed by atoms with Crippen LogP contribution in [0.2, 0.25) is 0 Å². The number of esters is 1. The van der Waals surface area contributed by atoms with E-state index in [1.54, 1.807) is 6.07 Å². The summed E-state index contributed by atoms with van der Waals surface area (Å²) in [5, 5.41) is 0. The minimum atomic E-state index is -0.495. The number of pyridine rings is 1. The highest BCUT2D eigenvalue weighted by Crippen LogP contribution is 2.23. The van der Waals surface area contributed by atoms with Crippen LogP contribution in [-0.4, -0.2) is 72.6 Å². The number of aryl methyl sites for hydroxylation is 1. The van der Waals surface area contributed by atoms with Crippen molar-refractivity contribution in [2.75, 3.05) is 39.9 Å². The van der Waals surface area contributed by atoms with Gasteiger partial charge in [0.05, 0.1) is 24.8 Å². The summed E-state index contributed by atoms with van der Waals surface area (Å²) in [6.07, 6.45) is 9.49. The van der Waals surface area contributed by atoms with E-state index in [0.29, 0.717) is 31.3 Å². The number of amides is 1. The molecule has 7 nitrogen and oxygen atoms in total. The summed E-state index contributed by atoms with van der Waals surface area (Å²) >= 11 is 0. The van der Waals surface area contributed by atoms with Gasteiger partial charge in [-0.05, 0) is 62.4 Å². The first-order chi connectivity index (χ1) is 16.1. The van der Waals surface area contributed by atoms with Gasteiger partial charge in [-0.2, -0.15) is 0 Å². The van der Waals surface area contributed by atoms with Crippen LogP contribution in [0, 0.1) is 0 Å². The third-order valence-corrected chi connectivity index (χ3v) is 6.61. The van der Waals surface area contributed by atoms with E-state index in [2.05, 4.69) is 28.1 Å². The minimum absolute atomic E-state index is 0.115. The van der Waals surface area contributed by atoms with Crippen molar-refractivity contribution in [2.24, 2.45) is 0 Å². The summed E-state index contributed by atoms with van der Waals surface area (Å²) in [6.45, 7) is 3.69. The molecule has 1 atom stereocenters. The second kappa shape index (κ2) is 11.3. The molecule has 1 amide bonds. The van der Waals surface area contributed by atoms with Gasteiger partial charge in [-0.15, -0.1) is 0 Å². The summed E-state index contributed by atoms with van der Waals surface area (Å²) in [5.41, 5.74) is 2.01. The third-order valence-electron chi connectivity index (χ3n) is 6.61. The van der Waals surface area contributed by atoms with Gasteiger partial charge in [0.15, 0.2) is 0 Å². The van der Waals surface area contributed by atoms with Crippen LogP contribution < -0.4 is 4.74 Å². The van der Waals surface area contributed by atoms with E-state index in [4.69, 9.17) is 9.47 Å². The van der Waals surface area contributed by atoms with E-state index in [1.807, 2.05) is 11.0 Å². The first kappa shape index (κ1) is 23.2. The number of piperidine rings is 1. The van der Waals surface area contributed by atoms with Gasteiger partial charge in [0.1, 0.15) is 5.75 Å². The SMILES string of the molecule is COC(=O)c1cncc(C(=O)N2CCCOc3cccc(c3)CCC3CCCCN3CC2)c1. The highest BCUT2D eigenvalue weighted by molar-refractivity contribution is 5.97. The Bertz CT molecular complexity index is 964. The van der Waals surface area contributed by atoms with Crippen LogP contribution in [0.1, 0.15) is 58.4 Å². The number of nitrogens with zero attached hydrogens (tertiary/aromatic N) is 3. The van der Waals surface area contributed by atoms with Crippen LogP contribution in [0.5, 0.6) is 5.75 Å². The molecule has 0 aliphatic carbocycles. The van der Waals surface area contributed by atoms with Crippen molar-refractivity contribution in [1.29, 1.82) is 0 Å². The smallest absolute Gasteiger partial charge is 0.339 e. The van der Waals surface area contributed by atoms with Crippen LogP contribution >= 0.6 is 0 Å². The molecule has 1 unspecified atom stereocenters. The lowest BCUT2D eigenvalue weighted by molar-refractivity contribution is 0.0600. The van der Waals surface area contributed by atoms with E-state index >= 15 is 0 Å². The number of fused-ring (bicyclic) bond motifs is 3. The van der Waals surface area contributed by atoms with Crippen molar-refractivity contribution in [1.82, 2.24) is 14.8 Å². The van der Waals surface area contributed by atoms with Gasteiger partial charge in [0.2, 0.25) is 0 Å². The van der Waals surface area contributed by atoms with E-state index < -0.39 is 5.97 Å². The molecule has 0 N–H and O–H groups in total. The van der Waals surface area contributed by atoms with Crippen LogP contribution in [0.25, 0.3) is 0 Å². The van der Waals surface area contributed by atoms with Crippen LogP contribution in [0.3, 0.4) is 0 Å². The second-order valence-corrected chi connectivity index (χ2v) is 8.82. The van der Waals surface area contributed by atoms with Gasteiger partial charge in [0, 0.05) is 38.1 Å². The van der Waals surface area contributed by atoms with Crippen molar-refractivity contribution in [3.05, 3.63) is 59.4 Å². The van der Waals surface area contributed by atoms with Gasteiger partial charge < -0.3 is 14.4 Å². The Balaban J connectivity index is 1.53. The summed E-state index contributed by atoms with van der Waals surface area (Å²) < 4.78 is 10.8. The van der Waals surface area contributed by atoms with E-state index in [0.717, 1.165) is 38.1 Å². The zero-order chi connectivity index (χ0) is 23.0. The lowest BCUT2D eigenvalue weighted by atomic mass is 9.95. The average molecular weight is 452 g/mol. The predicted molar refractivity (Wildman–Crippen MR) is 126 cm³/mol. The molecule has 33 heavy (non-hydrogen) atoms. The maximum Gasteiger partial charge on any atom is 0.339 e. The predicted octanol–water partition coefficient (Wildman–Crippen LogP) is 3.58. The van der Waals surface area contributed by atoms with Crippen molar-refractivity contribution in [3.8, 4) is 5.75 Å². The van der Waals surface area contributed by atoms with Crippen molar-refractivity contribution >= 4 is 11.9 Å². The molecule has 176 valence electrons. The fourth-order valence-electron chi connectivity index (χ4n) is 4.78. The lowest BCUT2D eigenvalue weighted by Crippen LogP contribution is -2.45. The summed E-state index contributed by atoms with van der Waals surface area (Å²) in [4.78, 5) is 33.8. The maximum absolute atomic E-state index is 13.4. The molecule has 2 aliphatic heterocycles. The van der Waals surface area contributed by atoms with Crippen molar-refractivity contribution in [3.63, 3.8) is 0 Å². The average Bonchev–Trinajstić information content (AvgIpc) is 2.86. The quantitative estimate of drug-likeness (QED) is 0.650. The first-order valence-electron chi connectivity index (χ1n) is 11.9. The number of methoxy groups -OCH3 is 1. The highest BCUT2D eigenvalue weighted by Gasteiger charge is 2.25. The Kier molecular flexibility index (Phi) is 7.94. The molecule has 3 heterocycles. The van der Waals surface area contributed by atoms with Crippen molar-refractivity contribution < 1.29 is 19.1 Å². The number of benzene rings is 1. The van der Waals surface area contributed by atoms with Crippen LogP contribution in [0.15, 0.2) is 42.7 Å². The van der Waals surface area contributed by atoms with Gasteiger partial charge in [-0.3, -0.25) is 14.7 Å². The van der Waals surface area contributed by atoms with Crippen LogP contribution in [-0.2, 0) is 11.2 Å². The molecule has 0 saturated carbocycles. The second-order valence-electron chi connectivity index (χ2n) is 8.82. The van der Waals surface area contributed by atoms with E-state index in [-0.39, 0.29) is 11.5 Å². The Morgan fingerprint density at radius 1 is 1.00 bits per heavy atom. The zero-order valence-electron chi connectivity index (χ0n) is 19.4. The Morgan fingerprint density at radius 2 is 1.88 bits per heavy atom. The summed E-state index contributed by atoms with van der Waals surface area (Å²) in [5.74, 6) is 0.277. The monoisotopic (exact) mass is 451 g/mol. The molecule has 1 saturated heterocycles. The minimum Gasteiger partial charge on any atom is -0.494 e. The molecule has 7 heteroatoms. The number of hydrogen-bond acceptors (Lipinski definition) is 6. The molecule has 0 radical (unpaired) electrons. The molecule has 4 rings (SSSR count). The van der Waals surface area contributed by atoms with E-state index in [1.165, 1.54) is 44.3 Å². The van der Waals surface area contributed by atoms with Gasteiger partial charge >= 0.3 is 5.97 Å². The van der Waals surface area contributed by atoms with Crippen LogP contribution in [0.4, 0.5) is 0 Å².